The Kier molecular flexibility index (Phi) is 3.90. The average Bonchev–Trinajstić information content (AvgIpc) is 1.96. The molecule has 0 aromatic heterocycles. The third-order valence-corrected chi connectivity index (χ3v) is 1.49. The molecule has 0 aliphatic rings. The van der Waals surface area contributed by atoms with E-state index in [9.17, 15) is 35.5 Å². The number of rotatable bonds is 4. The molecule has 0 aliphatic heterocycles. The first kappa shape index (κ1) is 13.2. The smallest absolute Gasteiger partial charge is 0.261 e. The molecule has 0 aliphatic carbocycles. The van der Waals surface area contributed by atoms with Crippen molar-refractivity contribution in [3.05, 3.63) is 0 Å². The molecule has 84 valence electrons. The van der Waals surface area contributed by atoms with Crippen molar-refractivity contribution in [1.29, 1.82) is 0 Å². The van der Waals surface area contributed by atoms with Crippen LogP contribution < -0.4 is 0 Å². The zero-order valence-electron chi connectivity index (χ0n) is 6.55. The molecule has 0 radical (unpaired) electrons. The van der Waals surface area contributed by atoms with E-state index in [2.05, 4.69) is 0 Å². The maximum absolute atomic E-state index is 12.3. The van der Waals surface area contributed by atoms with Gasteiger partial charge in [0.1, 0.15) is 5.92 Å². The van der Waals surface area contributed by atoms with Crippen molar-refractivity contribution in [1.82, 2.24) is 0 Å². The van der Waals surface area contributed by atoms with Crippen LogP contribution in [0.3, 0.4) is 0 Å². The van der Waals surface area contributed by atoms with Crippen LogP contribution in [-0.4, -0.2) is 24.8 Å². The standard InChI is InChI=1S/C6H5F7O/c7-2-1-3(4(8)14)5(9,10)6(11,12)13/h3H,1-2H2. The molecule has 0 aromatic rings. The summed E-state index contributed by atoms with van der Waals surface area (Å²) in [7, 11) is 0. The maximum Gasteiger partial charge on any atom is 0.454 e. The van der Waals surface area contributed by atoms with E-state index in [-0.39, 0.29) is 0 Å². The molecule has 1 atom stereocenters. The molecule has 0 rings (SSSR count). The fourth-order valence-corrected chi connectivity index (χ4v) is 0.744. The minimum Gasteiger partial charge on any atom is -0.261 e. The van der Waals surface area contributed by atoms with Gasteiger partial charge in [-0.2, -0.15) is 26.3 Å². The second kappa shape index (κ2) is 4.14. The number of carbonyl (C=O) groups excluding carboxylic acids is 1. The Morgan fingerprint density at radius 1 is 1.14 bits per heavy atom. The van der Waals surface area contributed by atoms with Crippen LogP contribution in [0.25, 0.3) is 0 Å². The molecule has 0 fully saturated rings. The fourth-order valence-electron chi connectivity index (χ4n) is 0.744. The molecule has 0 amide bonds. The number of carbonyl (C=O) groups is 1. The summed E-state index contributed by atoms with van der Waals surface area (Å²) in [5.41, 5.74) is 0. The molecule has 0 heterocycles. The molecule has 1 nitrogen and oxygen atoms in total. The van der Waals surface area contributed by atoms with Crippen LogP contribution in [0.1, 0.15) is 6.42 Å². The van der Waals surface area contributed by atoms with Gasteiger partial charge in [-0.05, 0) is 6.42 Å². The maximum atomic E-state index is 12.3. The van der Waals surface area contributed by atoms with Gasteiger partial charge in [-0.15, -0.1) is 0 Å². The summed E-state index contributed by atoms with van der Waals surface area (Å²) in [5, 5.41) is 0. The summed E-state index contributed by atoms with van der Waals surface area (Å²) in [6, 6.07) is -2.87. The van der Waals surface area contributed by atoms with Crippen molar-refractivity contribution < 1.29 is 35.5 Å². The molecule has 0 spiro atoms. The van der Waals surface area contributed by atoms with Gasteiger partial charge >= 0.3 is 18.1 Å². The van der Waals surface area contributed by atoms with Crippen molar-refractivity contribution in [3.8, 4) is 0 Å². The van der Waals surface area contributed by atoms with Crippen LogP contribution in [0.4, 0.5) is 30.7 Å². The molecule has 14 heavy (non-hydrogen) atoms. The van der Waals surface area contributed by atoms with E-state index >= 15 is 0 Å². The zero-order chi connectivity index (χ0) is 11.6. The minimum atomic E-state index is -6.06. The Balaban J connectivity index is 4.90. The van der Waals surface area contributed by atoms with Crippen LogP contribution in [-0.2, 0) is 4.79 Å². The first-order valence-electron chi connectivity index (χ1n) is 3.34. The molecular weight excluding hydrogens is 221 g/mol. The van der Waals surface area contributed by atoms with E-state index in [0.29, 0.717) is 0 Å². The molecule has 0 saturated carbocycles. The molecule has 0 aromatic carbocycles. The lowest BCUT2D eigenvalue weighted by atomic mass is 9.98. The lowest BCUT2D eigenvalue weighted by molar-refractivity contribution is -0.300. The highest BCUT2D eigenvalue weighted by Crippen LogP contribution is 2.43. The van der Waals surface area contributed by atoms with Gasteiger partial charge in [-0.25, -0.2) is 0 Å². The monoisotopic (exact) mass is 226 g/mol. The third-order valence-electron chi connectivity index (χ3n) is 1.49. The van der Waals surface area contributed by atoms with Crippen LogP contribution in [0, 0.1) is 5.92 Å². The highest BCUT2D eigenvalue weighted by Gasteiger charge is 2.64. The normalized spacial score (nSPS) is 15.4. The molecule has 0 bridgehead atoms. The van der Waals surface area contributed by atoms with Gasteiger partial charge < -0.3 is 0 Å². The molecular formula is C6H5F7O. The van der Waals surface area contributed by atoms with Gasteiger partial charge in [-0.1, -0.05) is 0 Å². The number of hydrogen-bond acceptors (Lipinski definition) is 1. The van der Waals surface area contributed by atoms with Crippen LogP contribution in [0.5, 0.6) is 0 Å². The number of hydrogen-bond donors (Lipinski definition) is 0. The van der Waals surface area contributed by atoms with E-state index in [1.54, 1.807) is 0 Å². The van der Waals surface area contributed by atoms with E-state index in [1.807, 2.05) is 0 Å². The Morgan fingerprint density at radius 3 is 1.79 bits per heavy atom. The summed E-state index contributed by atoms with van der Waals surface area (Å²) in [4.78, 5) is 9.81. The number of alkyl halides is 6. The number of halogens is 7. The first-order valence-corrected chi connectivity index (χ1v) is 3.34. The van der Waals surface area contributed by atoms with Crippen molar-refractivity contribution >= 4 is 6.04 Å². The third kappa shape index (κ3) is 2.58. The van der Waals surface area contributed by atoms with Gasteiger partial charge in [-0.3, -0.25) is 9.18 Å². The van der Waals surface area contributed by atoms with Gasteiger partial charge in [0.05, 0.1) is 6.67 Å². The van der Waals surface area contributed by atoms with Gasteiger partial charge in [0.25, 0.3) is 0 Å². The predicted molar refractivity (Wildman–Crippen MR) is 31.2 cm³/mol. The Morgan fingerprint density at radius 2 is 1.57 bits per heavy atom. The highest BCUT2D eigenvalue weighted by molar-refractivity contribution is 5.72. The van der Waals surface area contributed by atoms with Gasteiger partial charge in [0.15, 0.2) is 0 Å². The second-order valence-corrected chi connectivity index (χ2v) is 2.46. The van der Waals surface area contributed by atoms with Gasteiger partial charge in [0, 0.05) is 0 Å². The zero-order valence-corrected chi connectivity index (χ0v) is 6.55. The highest BCUT2D eigenvalue weighted by atomic mass is 19.4. The summed E-state index contributed by atoms with van der Waals surface area (Å²) < 4.78 is 82.6. The van der Waals surface area contributed by atoms with E-state index in [0.717, 1.165) is 0 Å². The second-order valence-electron chi connectivity index (χ2n) is 2.46. The fraction of sp³-hybridized carbons (Fsp3) is 0.833. The molecule has 1 unspecified atom stereocenters. The minimum absolute atomic E-state index is 1.50. The first-order chi connectivity index (χ1) is 6.14. The van der Waals surface area contributed by atoms with Crippen molar-refractivity contribution in [2.75, 3.05) is 6.67 Å². The quantitative estimate of drug-likeness (QED) is 0.532. The van der Waals surface area contributed by atoms with Gasteiger partial charge in [0.2, 0.25) is 0 Å². The van der Waals surface area contributed by atoms with E-state index in [4.69, 9.17) is 0 Å². The SMILES string of the molecule is O=C(F)C(CCF)C(F)(F)C(F)(F)F. The summed E-state index contributed by atoms with van der Waals surface area (Å²) >= 11 is 0. The van der Waals surface area contributed by atoms with Crippen molar-refractivity contribution in [2.24, 2.45) is 5.92 Å². The Hall–Kier alpha value is -0.820. The predicted octanol–water partition coefficient (Wildman–Crippen LogP) is 2.66. The summed E-state index contributed by atoms with van der Waals surface area (Å²) in [5.74, 6) is -8.84. The van der Waals surface area contributed by atoms with Crippen LogP contribution in [0.15, 0.2) is 0 Å². The Bertz CT molecular complexity index is 209. The lowest BCUT2D eigenvalue weighted by Gasteiger charge is -2.24. The van der Waals surface area contributed by atoms with E-state index < -0.39 is 37.1 Å². The molecule has 8 heteroatoms. The lowest BCUT2D eigenvalue weighted by Crippen LogP contribution is -2.46. The van der Waals surface area contributed by atoms with Crippen LogP contribution in [0.2, 0.25) is 0 Å². The van der Waals surface area contributed by atoms with Crippen molar-refractivity contribution in [3.63, 3.8) is 0 Å². The largest absolute Gasteiger partial charge is 0.454 e. The van der Waals surface area contributed by atoms with Crippen molar-refractivity contribution in [2.45, 2.75) is 18.5 Å². The summed E-state index contributed by atoms with van der Waals surface area (Å²) in [6.07, 6.45) is -7.56. The van der Waals surface area contributed by atoms with Crippen LogP contribution >= 0.6 is 0 Å². The van der Waals surface area contributed by atoms with E-state index in [1.165, 1.54) is 0 Å². The topological polar surface area (TPSA) is 17.1 Å². The average molecular weight is 226 g/mol. The molecule has 0 saturated heterocycles. The molecule has 0 N–H and O–H groups in total. The Labute approximate surface area is 73.9 Å². The summed E-state index contributed by atoms with van der Waals surface area (Å²) in [6.45, 7) is -1.63.